The third-order valence-corrected chi connectivity index (χ3v) is 3.83. The lowest BCUT2D eigenvalue weighted by Crippen LogP contribution is -2.27. The van der Waals surface area contributed by atoms with Crippen LogP contribution in [0.2, 0.25) is 0 Å². The molecule has 112 valence electrons. The predicted octanol–water partition coefficient (Wildman–Crippen LogP) is 2.28. The Bertz CT molecular complexity index is 455. The molecule has 2 rings (SSSR count). The Morgan fingerprint density at radius 3 is 3.05 bits per heavy atom. The number of methoxy groups -OCH3 is 1. The molecule has 0 spiro atoms. The maximum atomic E-state index is 11.5. The van der Waals surface area contributed by atoms with Crippen molar-refractivity contribution in [3.8, 4) is 0 Å². The van der Waals surface area contributed by atoms with Crippen molar-refractivity contribution in [2.75, 3.05) is 20.3 Å². The van der Waals surface area contributed by atoms with Crippen LogP contribution in [0.3, 0.4) is 0 Å². The summed E-state index contributed by atoms with van der Waals surface area (Å²) in [4.78, 5) is 11.5. The van der Waals surface area contributed by atoms with Crippen LogP contribution < -0.4 is 5.32 Å². The van der Waals surface area contributed by atoms with Gasteiger partial charge in [0.1, 0.15) is 17.1 Å². The van der Waals surface area contributed by atoms with Gasteiger partial charge in [-0.3, -0.25) is 0 Å². The molecule has 1 saturated heterocycles. The second-order valence-corrected chi connectivity index (χ2v) is 5.17. The van der Waals surface area contributed by atoms with Crippen LogP contribution in [-0.4, -0.2) is 32.3 Å². The average Bonchev–Trinajstić information content (AvgIpc) is 3.04. The molecular formula is C15H23NO4. The molecule has 0 saturated carbocycles. The predicted molar refractivity (Wildman–Crippen MR) is 74.6 cm³/mol. The van der Waals surface area contributed by atoms with Crippen LogP contribution in [-0.2, 0) is 16.0 Å². The number of ether oxygens (including phenoxy) is 2. The molecule has 1 aliphatic rings. The summed E-state index contributed by atoms with van der Waals surface area (Å²) in [6, 6.07) is 1.75. The Morgan fingerprint density at radius 1 is 1.55 bits per heavy atom. The van der Waals surface area contributed by atoms with Crippen LogP contribution in [0.1, 0.15) is 41.6 Å². The van der Waals surface area contributed by atoms with Gasteiger partial charge in [-0.15, -0.1) is 0 Å². The number of esters is 1. The van der Waals surface area contributed by atoms with E-state index in [1.54, 1.807) is 13.0 Å². The first-order valence-corrected chi connectivity index (χ1v) is 7.15. The summed E-state index contributed by atoms with van der Waals surface area (Å²) in [5, 5.41) is 3.38. The smallest absolute Gasteiger partial charge is 0.341 e. The van der Waals surface area contributed by atoms with Crippen molar-refractivity contribution in [3.63, 3.8) is 0 Å². The van der Waals surface area contributed by atoms with Gasteiger partial charge in [0.25, 0.3) is 0 Å². The molecule has 1 aromatic heterocycles. The van der Waals surface area contributed by atoms with Gasteiger partial charge < -0.3 is 19.2 Å². The second kappa shape index (κ2) is 6.90. The first-order valence-electron chi connectivity index (χ1n) is 7.15. The van der Waals surface area contributed by atoms with E-state index in [2.05, 4.69) is 12.2 Å². The highest BCUT2D eigenvalue weighted by Crippen LogP contribution is 2.22. The minimum atomic E-state index is -0.354. The molecule has 1 N–H and O–H groups in total. The SMILES string of the molecule is CCC1OCCC1CNCc1cc(C(=O)OC)c(C)o1. The van der Waals surface area contributed by atoms with E-state index in [9.17, 15) is 4.79 Å². The van der Waals surface area contributed by atoms with Gasteiger partial charge >= 0.3 is 5.97 Å². The zero-order valence-electron chi connectivity index (χ0n) is 12.4. The standard InChI is InChI=1S/C15H23NO4/c1-4-14-11(5-6-19-14)8-16-9-12-7-13(10(2)20-12)15(17)18-3/h7,11,14,16H,4-6,8-9H2,1-3H3. The molecule has 2 unspecified atom stereocenters. The van der Waals surface area contributed by atoms with Crippen molar-refractivity contribution in [1.29, 1.82) is 0 Å². The van der Waals surface area contributed by atoms with Crippen molar-refractivity contribution in [2.24, 2.45) is 5.92 Å². The van der Waals surface area contributed by atoms with E-state index in [-0.39, 0.29) is 5.97 Å². The molecule has 0 amide bonds. The van der Waals surface area contributed by atoms with Gasteiger partial charge in [0.2, 0.25) is 0 Å². The van der Waals surface area contributed by atoms with E-state index < -0.39 is 0 Å². The molecule has 1 aromatic rings. The molecule has 0 aliphatic carbocycles. The van der Waals surface area contributed by atoms with Crippen LogP contribution >= 0.6 is 0 Å². The van der Waals surface area contributed by atoms with Crippen molar-refractivity contribution in [2.45, 2.75) is 39.3 Å². The number of furan rings is 1. The van der Waals surface area contributed by atoms with E-state index in [4.69, 9.17) is 13.9 Å². The fourth-order valence-electron chi connectivity index (χ4n) is 2.70. The Labute approximate surface area is 119 Å². The van der Waals surface area contributed by atoms with E-state index in [0.717, 1.165) is 31.8 Å². The van der Waals surface area contributed by atoms with Gasteiger partial charge in [0.15, 0.2) is 0 Å². The summed E-state index contributed by atoms with van der Waals surface area (Å²) in [6.07, 6.45) is 2.53. The van der Waals surface area contributed by atoms with Gasteiger partial charge in [-0.2, -0.15) is 0 Å². The molecule has 1 aliphatic heterocycles. The van der Waals surface area contributed by atoms with Crippen molar-refractivity contribution in [3.05, 3.63) is 23.2 Å². The lowest BCUT2D eigenvalue weighted by molar-refractivity contribution is 0.0599. The topological polar surface area (TPSA) is 60.7 Å². The van der Waals surface area contributed by atoms with Gasteiger partial charge in [-0.05, 0) is 31.7 Å². The number of carbonyl (C=O) groups is 1. The number of carbonyl (C=O) groups excluding carboxylic acids is 1. The largest absolute Gasteiger partial charge is 0.465 e. The molecular weight excluding hydrogens is 258 g/mol. The molecule has 0 aromatic carbocycles. The highest BCUT2D eigenvalue weighted by Gasteiger charge is 2.26. The fraction of sp³-hybridized carbons (Fsp3) is 0.667. The molecule has 5 nitrogen and oxygen atoms in total. The van der Waals surface area contributed by atoms with E-state index >= 15 is 0 Å². The summed E-state index contributed by atoms with van der Waals surface area (Å²) in [7, 11) is 1.37. The Hall–Kier alpha value is -1.33. The van der Waals surface area contributed by atoms with E-state index in [0.29, 0.717) is 29.9 Å². The minimum absolute atomic E-state index is 0.354. The Morgan fingerprint density at radius 2 is 2.35 bits per heavy atom. The van der Waals surface area contributed by atoms with E-state index in [1.165, 1.54) is 7.11 Å². The number of hydrogen-bond donors (Lipinski definition) is 1. The van der Waals surface area contributed by atoms with Crippen molar-refractivity contribution in [1.82, 2.24) is 5.32 Å². The van der Waals surface area contributed by atoms with Gasteiger partial charge in [-0.1, -0.05) is 6.92 Å². The lowest BCUT2D eigenvalue weighted by Gasteiger charge is -2.16. The summed E-state index contributed by atoms with van der Waals surface area (Å²) in [5.74, 6) is 1.57. The fourth-order valence-corrected chi connectivity index (χ4v) is 2.70. The highest BCUT2D eigenvalue weighted by atomic mass is 16.5. The summed E-state index contributed by atoms with van der Waals surface area (Å²) < 4.78 is 15.9. The van der Waals surface area contributed by atoms with Crippen LogP contribution in [0.25, 0.3) is 0 Å². The molecule has 20 heavy (non-hydrogen) atoms. The normalized spacial score (nSPS) is 22.1. The quantitative estimate of drug-likeness (QED) is 0.811. The summed E-state index contributed by atoms with van der Waals surface area (Å²) in [5.41, 5.74) is 0.500. The monoisotopic (exact) mass is 281 g/mol. The third kappa shape index (κ3) is 3.41. The first-order chi connectivity index (χ1) is 9.65. The average molecular weight is 281 g/mol. The molecule has 0 radical (unpaired) electrons. The molecule has 0 bridgehead atoms. The van der Waals surface area contributed by atoms with Crippen LogP contribution in [0.5, 0.6) is 0 Å². The van der Waals surface area contributed by atoms with Crippen molar-refractivity contribution >= 4 is 5.97 Å². The zero-order valence-corrected chi connectivity index (χ0v) is 12.4. The zero-order chi connectivity index (χ0) is 14.5. The summed E-state index contributed by atoms with van der Waals surface area (Å²) >= 11 is 0. The molecule has 1 fully saturated rings. The number of hydrogen-bond acceptors (Lipinski definition) is 5. The lowest BCUT2D eigenvalue weighted by atomic mass is 10.00. The number of nitrogens with one attached hydrogen (secondary N) is 1. The first kappa shape index (κ1) is 15.1. The van der Waals surface area contributed by atoms with Crippen molar-refractivity contribution < 1.29 is 18.7 Å². The third-order valence-electron chi connectivity index (χ3n) is 3.83. The second-order valence-electron chi connectivity index (χ2n) is 5.17. The van der Waals surface area contributed by atoms with Gasteiger partial charge in [0.05, 0.1) is 19.8 Å². The molecule has 5 heteroatoms. The number of rotatable bonds is 6. The van der Waals surface area contributed by atoms with Gasteiger partial charge in [-0.25, -0.2) is 4.79 Å². The maximum Gasteiger partial charge on any atom is 0.341 e. The van der Waals surface area contributed by atoms with Crippen LogP contribution in [0.15, 0.2) is 10.5 Å². The van der Waals surface area contributed by atoms with E-state index in [1.807, 2.05) is 0 Å². The number of aryl methyl sites for hydroxylation is 1. The Balaban J connectivity index is 1.84. The summed E-state index contributed by atoms with van der Waals surface area (Å²) in [6.45, 7) is 6.31. The van der Waals surface area contributed by atoms with Crippen LogP contribution in [0.4, 0.5) is 0 Å². The van der Waals surface area contributed by atoms with Crippen LogP contribution in [0, 0.1) is 12.8 Å². The minimum Gasteiger partial charge on any atom is -0.465 e. The highest BCUT2D eigenvalue weighted by molar-refractivity contribution is 5.90. The Kier molecular flexibility index (Phi) is 5.20. The molecule has 2 atom stereocenters. The maximum absolute atomic E-state index is 11.5. The van der Waals surface area contributed by atoms with Gasteiger partial charge in [0, 0.05) is 13.2 Å². The molecule has 2 heterocycles.